The van der Waals surface area contributed by atoms with Crippen LogP contribution in [0.5, 0.6) is 0 Å². The third kappa shape index (κ3) is 9.69. The summed E-state index contributed by atoms with van der Waals surface area (Å²) < 4.78 is 15.4. The molecular weight excluding hydrogens is 488 g/mol. The van der Waals surface area contributed by atoms with Crippen molar-refractivity contribution in [1.82, 2.24) is 0 Å². The van der Waals surface area contributed by atoms with E-state index in [0.717, 1.165) is 44.1 Å². The van der Waals surface area contributed by atoms with E-state index in [9.17, 15) is 14.7 Å². The predicted octanol–water partition coefficient (Wildman–Crippen LogP) is 4.85. The molecule has 0 amide bonds. The topological polar surface area (TPSA) is 123 Å². The van der Waals surface area contributed by atoms with Gasteiger partial charge in [-0.1, -0.05) is 51.7 Å². The normalized spacial score (nSPS) is 20.3. The van der Waals surface area contributed by atoms with Gasteiger partial charge in [-0.3, -0.25) is 9.59 Å². The van der Waals surface area contributed by atoms with Crippen LogP contribution in [0.1, 0.15) is 97.8 Å². The first kappa shape index (κ1) is 34.1. The Balaban J connectivity index is 0.000000294. The van der Waals surface area contributed by atoms with E-state index in [0.29, 0.717) is 38.4 Å². The highest BCUT2D eigenvalue weighted by atomic mass is 16.6. The van der Waals surface area contributed by atoms with E-state index < -0.39 is 17.4 Å². The van der Waals surface area contributed by atoms with Crippen LogP contribution >= 0.6 is 0 Å². The van der Waals surface area contributed by atoms with Gasteiger partial charge < -0.3 is 29.5 Å². The van der Waals surface area contributed by atoms with Gasteiger partial charge in [0.1, 0.15) is 5.76 Å². The Morgan fingerprint density at radius 1 is 0.658 bits per heavy atom. The number of rotatable bonds is 11. The lowest BCUT2D eigenvalue weighted by molar-refractivity contribution is -0.171. The van der Waals surface area contributed by atoms with Gasteiger partial charge in [-0.15, -0.1) is 0 Å². The van der Waals surface area contributed by atoms with Crippen LogP contribution in [-0.4, -0.2) is 66.9 Å². The van der Waals surface area contributed by atoms with Crippen molar-refractivity contribution in [2.75, 3.05) is 39.6 Å². The molecule has 0 aromatic rings. The molecule has 8 heteroatoms. The average molecular weight is 541 g/mol. The molecule has 0 aliphatic heterocycles. The zero-order valence-electron chi connectivity index (χ0n) is 24.0. The Morgan fingerprint density at radius 3 is 1.34 bits per heavy atom. The summed E-state index contributed by atoms with van der Waals surface area (Å²) in [5.74, 6) is -0.188. The van der Waals surface area contributed by atoms with Crippen LogP contribution in [0.15, 0.2) is 24.5 Å². The van der Waals surface area contributed by atoms with Gasteiger partial charge in [0.05, 0.1) is 39.6 Å². The molecule has 0 saturated heterocycles. The Kier molecular flexibility index (Phi) is 15.2. The summed E-state index contributed by atoms with van der Waals surface area (Å²) >= 11 is 0. The number of esters is 2. The number of carbonyl (C=O) groups excluding carboxylic acids is 2. The van der Waals surface area contributed by atoms with Crippen LogP contribution in [0.3, 0.4) is 0 Å². The molecule has 3 rings (SSSR count). The molecule has 0 heterocycles. The van der Waals surface area contributed by atoms with Gasteiger partial charge in [-0.25, -0.2) is 0 Å². The zero-order valence-corrected chi connectivity index (χ0v) is 24.0. The number of ether oxygens (including phenoxy) is 3. The quantitative estimate of drug-likeness (QED) is 0.147. The maximum atomic E-state index is 11.8. The molecule has 0 spiro atoms. The fourth-order valence-electron chi connectivity index (χ4n) is 5.34. The average Bonchev–Trinajstić information content (AvgIpc) is 3.70. The van der Waals surface area contributed by atoms with Gasteiger partial charge in [0.2, 0.25) is 0 Å². The smallest absolute Gasteiger partial charge is 0.323 e. The van der Waals surface area contributed by atoms with E-state index in [1.807, 2.05) is 6.92 Å². The molecule has 8 nitrogen and oxygen atoms in total. The van der Waals surface area contributed by atoms with Crippen LogP contribution in [0.2, 0.25) is 0 Å². The third-order valence-electron chi connectivity index (χ3n) is 8.15. The highest BCUT2D eigenvalue weighted by Crippen LogP contribution is 2.41. The number of hydrogen-bond acceptors (Lipinski definition) is 8. The SMILES string of the molecule is C=C(C)C(=C)OCC1(CO)CCCC1.CCOC(=O)C1(C(=O)OCC)CCCC1.OCC1(CO)CCCC1. The Hall–Kier alpha value is -1.90. The van der Waals surface area contributed by atoms with E-state index in [1.165, 1.54) is 25.7 Å². The van der Waals surface area contributed by atoms with Crippen molar-refractivity contribution in [2.45, 2.75) is 97.8 Å². The molecular formula is C30H52O8. The largest absolute Gasteiger partial charge is 0.493 e. The van der Waals surface area contributed by atoms with E-state index in [4.69, 9.17) is 24.4 Å². The lowest BCUT2D eigenvalue weighted by Gasteiger charge is -2.26. The molecule has 3 aliphatic rings. The predicted molar refractivity (Wildman–Crippen MR) is 147 cm³/mol. The second-order valence-electron chi connectivity index (χ2n) is 11.1. The van der Waals surface area contributed by atoms with Crippen molar-refractivity contribution in [3.05, 3.63) is 24.5 Å². The van der Waals surface area contributed by atoms with E-state index in [1.54, 1.807) is 13.8 Å². The molecule has 0 unspecified atom stereocenters. The van der Waals surface area contributed by atoms with Crippen LogP contribution in [0.4, 0.5) is 0 Å². The minimum absolute atomic E-state index is 0.0155. The summed E-state index contributed by atoms with van der Waals surface area (Å²) in [4.78, 5) is 23.5. The van der Waals surface area contributed by atoms with Gasteiger partial charge in [0.15, 0.2) is 5.41 Å². The molecule has 0 atom stereocenters. The first-order valence-corrected chi connectivity index (χ1v) is 14.2. The van der Waals surface area contributed by atoms with E-state index >= 15 is 0 Å². The number of aliphatic hydroxyl groups excluding tert-OH is 3. The minimum atomic E-state index is -1.01. The molecule has 220 valence electrons. The van der Waals surface area contributed by atoms with Crippen LogP contribution < -0.4 is 0 Å². The third-order valence-corrected chi connectivity index (χ3v) is 8.15. The Bertz CT molecular complexity index is 715. The van der Waals surface area contributed by atoms with Crippen molar-refractivity contribution in [1.29, 1.82) is 0 Å². The lowest BCUT2D eigenvalue weighted by Crippen LogP contribution is -2.39. The number of aliphatic hydroxyl groups is 3. The second kappa shape index (κ2) is 16.9. The summed E-state index contributed by atoms with van der Waals surface area (Å²) in [6.45, 7) is 14.6. The van der Waals surface area contributed by atoms with Gasteiger partial charge in [-0.2, -0.15) is 0 Å². The molecule has 3 saturated carbocycles. The van der Waals surface area contributed by atoms with Crippen molar-refractivity contribution >= 4 is 11.9 Å². The van der Waals surface area contributed by atoms with Gasteiger partial charge in [-0.05, 0) is 64.9 Å². The van der Waals surface area contributed by atoms with Crippen LogP contribution in [-0.2, 0) is 23.8 Å². The summed E-state index contributed by atoms with van der Waals surface area (Å²) in [6, 6.07) is 0. The van der Waals surface area contributed by atoms with Crippen molar-refractivity contribution in [3.63, 3.8) is 0 Å². The second-order valence-corrected chi connectivity index (χ2v) is 11.1. The molecule has 0 bridgehead atoms. The van der Waals surface area contributed by atoms with E-state index in [-0.39, 0.29) is 30.7 Å². The fraction of sp³-hybridized carbons (Fsp3) is 0.800. The maximum Gasteiger partial charge on any atom is 0.323 e. The zero-order chi connectivity index (χ0) is 28.7. The lowest BCUT2D eigenvalue weighted by atomic mass is 9.86. The van der Waals surface area contributed by atoms with Crippen molar-refractivity contribution in [2.24, 2.45) is 16.2 Å². The van der Waals surface area contributed by atoms with Crippen molar-refractivity contribution < 1.29 is 39.1 Å². The molecule has 0 aromatic carbocycles. The highest BCUT2D eigenvalue weighted by Gasteiger charge is 2.50. The molecule has 3 aliphatic carbocycles. The summed E-state index contributed by atoms with van der Waals surface area (Å²) in [5.41, 5.74) is -0.277. The Morgan fingerprint density at radius 2 is 1.03 bits per heavy atom. The molecule has 38 heavy (non-hydrogen) atoms. The highest BCUT2D eigenvalue weighted by molar-refractivity contribution is 6.00. The number of hydrogen-bond donors (Lipinski definition) is 3. The van der Waals surface area contributed by atoms with Crippen molar-refractivity contribution in [3.8, 4) is 0 Å². The van der Waals surface area contributed by atoms with Gasteiger partial charge >= 0.3 is 11.9 Å². The summed E-state index contributed by atoms with van der Waals surface area (Å²) in [7, 11) is 0. The monoisotopic (exact) mass is 540 g/mol. The minimum Gasteiger partial charge on any atom is -0.493 e. The molecule has 3 fully saturated rings. The standard InChI is InChI=1S/C12H20O2.C11H18O4.C7H14O2/c1-10(2)11(3)14-9-12(8-13)6-4-5-7-12;1-3-14-9(12)11(7-5-6-8-11)10(13)15-4-2;8-5-7(6-9)3-1-2-4-7/h13H,1,3-9H2,2H3;3-8H2,1-2H3;8-9H,1-6H2. The van der Waals surface area contributed by atoms with Gasteiger partial charge in [0.25, 0.3) is 0 Å². The number of allylic oxidation sites excluding steroid dienone is 1. The summed E-state index contributed by atoms with van der Waals surface area (Å²) in [5, 5.41) is 27.0. The molecule has 0 radical (unpaired) electrons. The molecule has 0 aromatic heterocycles. The van der Waals surface area contributed by atoms with Crippen LogP contribution in [0.25, 0.3) is 0 Å². The fourth-order valence-corrected chi connectivity index (χ4v) is 5.34. The first-order valence-electron chi connectivity index (χ1n) is 14.2. The summed E-state index contributed by atoms with van der Waals surface area (Å²) in [6.07, 6.45) is 11.7. The number of carbonyl (C=O) groups is 2. The maximum absolute atomic E-state index is 11.8. The Labute approximate surface area is 229 Å². The van der Waals surface area contributed by atoms with Crippen LogP contribution in [0, 0.1) is 16.2 Å². The van der Waals surface area contributed by atoms with Gasteiger partial charge in [0, 0.05) is 10.8 Å². The molecule has 3 N–H and O–H groups in total. The first-order chi connectivity index (χ1) is 18.1. The van der Waals surface area contributed by atoms with E-state index in [2.05, 4.69) is 13.2 Å².